The van der Waals surface area contributed by atoms with Gasteiger partial charge in [-0.05, 0) is 54.4 Å². The number of anilines is 1. The number of nitrogens with zero attached hydrogens (tertiary/aromatic N) is 4. The molecule has 0 saturated heterocycles. The normalized spacial score (nSPS) is 12.1. The lowest BCUT2D eigenvalue weighted by Gasteiger charge is -2.17. The summed E-state index contributed by atoms with van der Waals surface area (Å²) in [5.41, 5.74) is 2.59. The monoisotopic (exact) mass is 519 g/mol. The number of amides is 2. The molecule has 11 nitrogen and oxygen atoms in total. The van der Waals surface area contributed by atoms with Crippen LogP contribution >= 0.6 is 0 Å². The van der Waals surface area contributed by atoms with Crippen molar-refractivity contribution < 1.29 is 18.0 Å². The first kappa shape index (κ1) is 25.7. The average Bonchev–Trinajstić information content (AvgIpc) is 3.34. The quantitative estimate of drug-likeness (QED) is 0.304. The van der Waals surface area contributed by atoms with E-state index in [1.807, 2.05) is 43.3 Å². The summed E-state index contributed by atoms with van der Waals surface area (Å²) < 4.78 is 24.2. The standard InChI is InChI=1S/C25H25N7O4S/c1-17-11-12-27-23(13-17)29-25(34)22(14-18-5-3-2-4-6-18)32-16-20(30-31-32)15-28-24(33)19-7-9-21(10-8-19)37(26,35)36/h2-13,16,22H,14-15H2,1H3,(H,28,33)(H2,26,35,36)(H,27,29,34). The maximum Gasteiger partial charge on any atom is 0.251 e. The van der Waals surface area contributed by atoms with Crippen molar-refractivity contribution in [1.29, 1.82) is 0 Å². The first-order valence-corrected chi connectivity index (χ1v) is 12.8. The second kappa shape index (κ2) is 11.1. The first-order valence-electron chi connectivity index (χ1n) is 11.3. The number of aryl methyl sites for hydroxylation is 1. The lowest BCUT2D eigenvalue weighted by Crippen LogP contribution is -2.28. The van der Waals surface area contributed by atoms with Gasteiger partial charge in [-0.3, -0.25) is 9.59 Å². The first-order chi connectivity index (χ1) is 17.7. The van der Waals surface area contributed by atoms with E-state index in [0.717, 1.165) is 11.1 Å². The van der Waals surface area contributed by atoms with Crippen LogP contribution in [0.15, 0.2) is 84.0 Å². The molecule has 0 saturated carbocycles. The predicted octanol–water partition coefficient (Wildman–Crippen LogP) is 1.98. The van der Waals surface area contributed by atoms with Gasteiger partial charge in [0.15, 0.2) is 0 Å². The topological polar surface area (TPSA) is 162 Å². The highest BCUT2D eigenvalue weighted by Crippen LogP contribution is 2.17. The van der Waals surface area contributed by atoms with Gasteiger partial charge in [-0.1, -0.05) is 35.5 Å². The van der Waals surface area contributed by atoms with Crippen molar-refractivity contribution in [2.24, 2.45) is 5.14 Å². The van der Waals surface area contributed by atoms with Crippen molar-refractivity contribution in [3.05, 3.63) is 102 Å². The number of aromatic nitrogens is 4. The van der Waals surface area contributed by atoms with E-state index < -0.39 is 22.0 Å². The average molecular weight is 520 g/mol. The lowest BCUT2D eigenvalue weighted by molar-refractivity contribution is -0.119. The molecule has 2 aromatic carbocycles. The molecule has 2 amide bonds. The van der Waals surface area contributed by atoms with Crippen LogP contribution in [-0.2, 0) is 27.8 Å². The molecule has 0 aliphatic heterocycles. The highest BCUT2D eigenvalue weighted by molar-refractivity contribution is 7.89. The Morgan fingerprint density at radius 3 is 2.46 bits per heavy atom. The third-order valence-corrected chi connectivity index (χ3v) is 6.42. The molecular formula is C25H25N7O4S. The maximum absolute atomic E-state index is 13.2. The van der Waals surface area contributed by atoms with Gasteiger partial charge in [-0.2, -0.15) is 0 Å². The van der Waals surface area contributed by atoms with Crippen molar-refractivity contribution in [1.82, 2.24) is 25.3 Å². The SMILES string of the molecule is Cc1ccnc(NC(=O)C(Cc2ccccc2)n2cc(CNC(=O)c3ccc(S(N)(=O)=O)cc3)nn2)c1. The third-order valence-electron chi connectivity index (χ3n) is 5.49. The molecule has 0 radical (unpaired) electrons. The molecule has 37 heavy (non-hydrogen) atoms. The number of hydrogen-bond acceptors (Lipinski definition) is 7. The zero-order chi connectivity index (χ0) is 26.4. The Kier molecular flexibility index (Phi) is 7.70. The van der Waals surface area contributed by atoms with Crippen LogP contribution in [0.3, 0.4) is 0 Å². The summed E-state index contributed by atoms with van der Waals surface area (Å²) in [5, 5.41) is 18.9. The molecule has 4 aromatic rings. The highest BCUT2D eigenvalue weighted by Gasteiger charge is 2.23. The molecule has 2 aromatic heterocycles. The van der Waals surface area contributed by atoms with Crippen LogP contribution in [0.4, 0.5) is 5.82 Å². The smallest absolute Gasteiger partial charge is 0.251 e. The summed E-state index contributed by atoms with van der Waals surface area (Å²) in [4.78, 5) is 29.8. The van der Waals surface area contributed by atoms with Crippen molar-refractivity contribution in [3.8, 4) is 0 Å². The van der Waals surface area contributed by atoms with Crippen molar-refractivity contribution >= 4 is 27.7 Å². The molecule has 0 bridgehead atoms. The van der Waals surface area contributed by atoms with Gasteiger partial charge in [0.25, 0.3) is 11.8 Å². The Balaban J connectivity index is 1.47. The van der Waals surface area contributed by atoms with E-state index in [2.05, 4.69) is 25.9 Å². The summed E-state index contributed by atoms with van der Waals surface area (Å²) >= 11 is 0. The summed E-state index contributed by atoms with van der Waals surface area (Å²) in [5.74, 6) is -0.305. The molecule has 0 fully saturated rings. The fourth-order valence-corrected chi connectivity index (χ4v) is 4.09. The van der Waals surface area contributed by atoms with E-state index in [9.17, 15) is 18.0 Å². The number of hydrogen-bond donors (Lipinski definition) is 3. The molecule has 0 aliphatic carbocycles. The summed E-state index contributed by atoms with van der Waals surface area (Å²) in [7, 11) is -3.85. The Bertz CT molecular complexity index is 1500. The fourth-order valence-electron chi connectivity index (χ4n) is 3.57. The van der Waals surface area contributed by atoms with Crippen LogP contribution in [0.2, 0.25) is 0 Å². The Hall–Kier alpha value is -4.42. The van der Waals surface area contributed by atoms with Crippen molar-refractivity contribution in [3.63, 3.8) is 0 Å². The Morgan fingerprint density at radius 1 is 1.05 bits per heavy atom. The van der Waals surface area contributed by atoms with Gasteiger partial charge in [0.2, 0.25) is 10.0 Å². The van der Waals surface area contributed by atoms with E-state index in [1.165, 1.54) is 28.9 Å². The summed E-state index contributed by atoms with van der Waals surface area (Å²) in [6.45, 7) is 1.96. The van der Waals surface area contributed by atoms with E-state index in [-0.39, 0.29) is 22.9 Å². The molecular weight excluding hydrogens is 494 g/mol. The van der Waals surface area contributed by atoms with Gasteiger partial charge in [-0.25, -0.2) is 23.2 Å². The molecule has 190 valence electrons. The Morgan fingerprint density at radius 2 is 1.78 bits per heavy atom. The number of sulfonamides is 1. The van der Waals surface area contributed by atoms with Crippen LogP contribution in [0.25, 0.3) is 0 Å². The second-order valence-electron chi connectivity index (χ2n) is 8.36. The third kappa shape index (κ3) is 6.84. The van der Waals surface area contributed by atoms with Crippen LogP contribution in [0, 0.1) is 6.92 Å². The maximum atomic E-state index is 13.2. The molecule has 4 rings (SSSR count). The number of primary sulfonamides is 1. The van der Waals surface area contributed by atoms with Gasteiger partial charge in [0.1, 0.15) is 17.6 Å². The summed E-state index contributed by atoms with van der Waals surface area (Å²) in [6, 6.07) is 17.7. The zero-order valence-electron chi connectivity index (χ0n) is 19.9. The number of carbonyl (C=O) groups is 2. The van der Waals surface area contributed by atoms with Crippen LogP contribution in [0.1, 0.15) is 33.2 Å². The number of pyridine rings is 1. The van der Waals surface area contributed by atoms with Gasteiger partial charge in [0.05, 0.1) is 17.6 Å². The fraction of sp³-hybridized carbons (Fsp3) is 0.160. The van der Waals surface area contributed by atoms with E-state index in [0.29, 0.717) is 17.9 Å². The zero-order valence-corrected chi connectivity index (χ0v) is 20.7. The van der Waals surface area contributed by atoms with Gasteiger partial charge in [-0.15, -0.1) is 5.10 Å². The van der Waals surface area contributed by atoms with Crippen molar-refractivity contribution in [2.75, 3.05) is 5.32 Å². The van der Waals surface area contributed by atoms with E-state index >= 15 is 0 Å². The van der Waals surface area contributed by atoms with Gasteiger partial charge in [0, 0.05) is 18.2 Å². The summed E-state index contributed by atoms with van der Waals surface area (Å²) in [6.07, 6.45) is 3.58. The number of rotatable bonds is 9. The molecule has 0 aliphatic rings. The molecule has 1 atom stereocenters. The van der Waals surface area contributed by atoms with Gasteiger partial charge >= 0.3 is 0 Å². The molecule has 2 heterocycles. The number of nitrogens with two attached hydrogens (primary N) is 1. The molecule has 12 heteroatoms. The minimum absolute atomic E-state index is 0.0505. The largest absolute Gasteiger partial charge is 0.346 e. The van der Waals surface area contributed by atoms with Crippen LogP contribution in [0.5, 0.6) is 0 Å². The number of benzene rings is 2. The molecule has 4 N–H and O–H groups in total. The predicted molar refractivity (Wildman–Crippen MR) is 136 cm³/mol. The lowest BCUT2D eigenvalue weighted by atomic mass is 10.1. The highest BCUT2D eigenvalue weighted by atomic mass is 32.2. The van der Waals surface area contributed by atoms with E-state index in [4.69, 9.17) is 5.14 Å². The second-order valence-corrected chi connectivity index (χ2v) is 9.92. The van der Waals surface area contributed by atoms with Crippen LogP contribution < -0.4 is 15.8 Å². The number of nitrogens with one attached hydrogen (secondary N) is 2. The Labute approximate surface area is 213 Å². The molecule has 0 spiro atoms. The number of carbonyl (C=O) groups excluding carboxylic acids is 2. The molecule has 1 unspecified atom stereocenters. The van der Waals surface area contributed by atoms with Crippen molar-refractivity contribution in [2.45, 2.75) is 30.8 Å². The van der Waals surface area contributed by atoms with Gasteiger partial charge < -0.3 is 10.6 Å². The minimum atomic E-state index is -3.85. The minimum Gasteiger partial charge on any atom is -0.346 e. The van der Waals surface area contributed by atoms with E-state index in [1.54, 1.807) is 18.5 Å². The van der Waals surface area contributed by atoms with Crippen LogP contribution in [-0.4, -0.2) is 40.2 Å².